The number of carboxylic acid groups (broad SMARTS) is 1. The smallest absolute Gasteiger partial charge is 0.320 e. The third-order valence-corrected chi connectivity index (χ3v) is 2.58. The predicted octanol–water partition coefficient (Wildman–Crippen LogP) is -0.372. The molecule has 0 aromatic carbocycles. The number of rotatable bonds is 5. The average molecular weight is 260 g/mol. The summed E-state index contributed by atoms with van der Waals surface area (Å²) < 4.78 is 1.63. The first kappa shape index (κ1) is 13.0. The van der Waals surface area contributed by atoms with Gasteiger partial charge in [0.2, 0.25) is 0 Å². The zero-order valence-corrected chi connectivity index (χ0v) is 10.2. The summed E-state index contributed by atoms with van der Waals surface area (Å²) in [5.74, 6) is -0.403. The number of aliphatic carboxylic acids is 1. The van der Waals surface area contributed by atoms with E-state index in [0.29, 0.717) is 18.8 Å². The minimum atomic E-state index is -1.00. The molecule has 19 heavy (non-hydrogen) atoms. The summed E-state index contributed by atoms with van der Waals surface area (Å²) in [6.07, 6.45) is 7.04. The highest BCUT2D eigenvalue weighted by molar-refractivity contribution is 5.72. The van der Waals surface area contributed by atoms with Gasteiger partial charge >= 0.3 is 5.97 Å². The maximum atomic E-state index is 10.6. The van der Waals surface area contributed by atoms with Crippen molar-refractivity contribution < 1.29 is 14.6 Å². The van der Waals surface area contributed by atoms with Gasteiger partial charge in [-0.3, -0.25) is 4.79 Å². The summed E-state index contributed by atoms with van der Waals surface area (Å²) in [5.41, 5.74) is 6.23. The molecule has 0 radical (unpaired) electrons. The van der Waals surface area contributed by atoms with Crippen LogP contribution in [0, 0.1) is 0 Å². The van der Waals surface area contributed by atoms with E-state index < -0.39 is 12.0 Å². The van der Waals surface area contributed by atoms with Crippen LogP contribution in [0.25, 0.3) is 11.4 Å². The average Bonchev–Trinajstić information content (AvgIpc) is 2.46. The van der Waals surface area contributed by atoms with Crippen molar-refractivity contribution in [3.63, 3.8) is 0 Å². The number of carboxylic acids is 1. The van der Waals surface area contributed by atoms with Crippen LogP contribution in [0.15, 0.2) is 36.9 Å². The molecule has 0 bridgehead atoms. The second kappa shape index (κ2) is 5.96. The summed E-state index contributed by atoms with van der Waals surface area (Å²) in [7, 11) is 0. The van der Waals surface area contributed by atoms with Gasteiger partial charge in [0, 0.05) is 30.4 Å². The minimum absolute atomic E-state index is 0.328. The lowest BCUT2D eigenvalue weighted by molar-refractivity contribution is -0.754. The van der Waals surface area contributed by atoms with Crippen LogP contribution in [0.4, 0.5) is 0 Å². The Kier molecular flexibility index (Phi) is 4.09. The molecule has 0 aliphatic carbocycles. The number of hydrogen-bond acceptors (Lipinski definition) is 5. The van der Waals surface area contributed by atoms with Crippen LogP contribution in [-0.2, 0) is 11.3 Å². The van der Waals surface area contributed by atoms with E-state index in [1.165, 1.54) is 0 Å². The van der Waals surface area contributed by atoms with Gasteiger partial charge in [0.05, 0.1) is 0 Å². The molecule has 0 aliphatic rings. The second-order valence-electron chi connectivity index (χ2n) is 3.98. The molecule has 0 unspecified atom stereocenters. The highest BCUT2D eigenvalue weighted by Gasteiger charge is 2.14. The van der Waals surface area contributed by atoms with Gasteiger partial charge in [0.1, 0.15) is 12.2 Å². The van der Waals surface area contributed by atoms with E-state index in [2.05, 4.69) is 15.1 Å². The fourth-order valence-corrected chi connectivity index (χ4v) is 1.49. The first-order valence-electron chi connectivity index (χ1n) is 5.78. The van der Waals surface area contributed by atoms with E-state index >= 15 is 0 Å². The normalized spacial score (nSPS) is 12.1. The van der Waals surface area contributed by atoms with Crippen molar-refractivity contribution in [1.82, 2.24) is 15.1 Å². The van der Waals surface area contributed by atoms with Gasteiger partial charge in [-0.05, 0) is 11.2 Å². The van der Waals surface area contributed by atoms with Gasteiger partial charge in [-0.2, -0.15) is 0 Å². The lowest BCUT2D eigenvalue weighted by atomic mass is 10.2. The van der Waals surface area contributed by atoms with Crippen LogP contribution in [0.5, 0.6) is 0 Å². The van der Waals surface area contributed by atoms with Crippen LogP contribution in [0.2, 0.25) is 0 Å². The SMILES string of the molecule is N[C@@H](CC[n+]1ccc(-c2ncccn2)cn1)C(=O)O. The summed E-state index contributed by atoms with van der Waals surface area (Å²) in [6, 6.07) is 2.70. The first-order chi connectivity index (χ1) is 9.16. The fourth-order valence-electron chi connectivity index (χ4n) is 1.49. The summed E-state index contributed by atoms with van der Waals surface area (Å²) in [4.78, 5) is 18.8. The molecule has 3 N–H and O–H groups in total. The largest absolute Gasteiger partial charge is 0.480 e. The molecule has 0 spiro atoms. The van der Waals surface area contributed by atoms with Crippen LogP contribution in [0.1, 0.15) is 6.42 Å². The molecule has 0 aliphatic heterocycles. The minimum Gasteiger partial charge on any atom is -0.480 e. The van der Waals surface area contributed by atoms with Crippen molar-refractivity contribution in [3.05, 3.63) is 36.9 Å². The number of carbonyl (C=O) groups is 1. The second-order valence-corrected chi connectivity index (χ2v) is 3.98. The van der Waals surface area contributed by atoms with Gasteiger partial charge < -0.3 is 10.8 Å². The van der Waals surface area contributed by atoms with Crippen molar-refractivity contribution >= 4 is 5.97 Å². The van der Waals surface area contributed by atoms with Gasteiger partial charge in [-0.1, -0.05) is 4.68 Å². The van der Waals surface area contributed by atoms with Crippen LogP contribution in [-0.4, -0.2) is 32.2 Å². The fraction of sp³-hybridized carbons (Fsp3) is 0.250. The van der Waals surface area contributed by atoms with Crippen LogP contribution >= 0.6 is 0 Å². The molecular formula is C12H14N5O2+. The van der Waals surface area contributed by atoms with E-state index in [-0.39, 0.29) is 0 Å². The topological polar surface area (TPSA) is 106 Å². The van der Waals surface area contributed by atoms with E-state index in [9.17, 15) is 4.79 Å². The Morgan fingerprint density at radius 3 is 2.74 bits per heavy atom. The summed E-state index contributed by atoms with van der Waals surface area (Å²) in [5, 5.41) is 12.9. The molecule has 2 heterocycles. The molecule has 2 aromatic heterocycles. The molecule has 7 heteroatoms. The quantitative estimate of drug-likeness (QED) is 0.710. The molecule has 1 atom stereocenters. The Morgan fingerprint density at radius 1 is 1.42 bits per heavy atom. The van der Waals surface area contributed by atoms with Gasteiger partial charge in [0.25, 0.3) is 0 Å². The maximum Gasteiger partial charge on any atom is 0.320 e. The summed E-state index contributed by atoms with van der Waals surface area (Å²) in [6.45, 7) is 0.448. The van der Waals surface area contributed by atoms with Gasteiger partial charge in [-0.25, -0.2) is 9.97 Å². The third kappa shape index (κ3) is 3.52. The molecule has 98 valence electrons. The highest BCUT2D eigenvalue weighted by Crippen LogP contribution is 2.09. The van der Waals surface area contributed by atoms with Crippen molar-refractivity contribution in [2.75, 3.05) is 0 Å². The molecule has 7 nitrogen and oxygen atoms in total. The number of nitrogens with two attached hydrogens (primary N) is 1. The van der Waals surface area contributed by atoms with E-state index in [4.69, 9.17) is 10.8 Å². The van der Waals surface area contributed by atoms with Crippen molar-refractivity contribution in [2.24, 2.45) is 5.73 Å². The molecule has 0 fully saturated rings. The van der Waals surface area contributed by atoms with Crippen molar-refractivity contribution in [3.8, 4) is 11.4 Å². The molecule has 0 saturated heterocycles. The number of aryl methyl sites for hydroxylation is 1. The lowest BCUT2D eigenvalue weighted by Gasteiger charge is -2.02. The molecule has 0 saturated carbocycles. The van der Waals surface area contributed by atoms with Gasteiger partial charge in [0.15, 0.2) is 18.6 Å². The van der Waals surface area contributed by atoms with Gasteiger partial charge in [-0.15, -0.1) is 0 Å². The Balaban J connectivity index is 2.01. The molecular weight excluding hydrogens is 246 g/mol. The summed E-state index contributed by atoms with van der Waals surface area (Å²) >= 11 is 0. The predicted molar refractivity (Wildman–Crippen MR) is 65.7 cm³/mol. The number of aromatic nitrogens is 4. The maximum absolute atomic E-state index is 10.6. The zero-order valence-electron chi connectivity index (χ0n) is 10.2. The van der Waals surface area contributed by atoms with Crippen molar-refractivity contribution in [2.45, 2.75) is 19.0 Å². The highest BCUT2D eigenvalue weighted by atomic mass is 16.4. The molecule has 2 rings (SSSR count). The van der Waals surface area contributed by atoms with Crippen LogP contribution in [0.3, 0.4) is 0 Å². The number of hydrogen-bond donors (Lipinski definition) is 2. The number of nitrogens with zero attached hydrogens (tertiary/aromatic N) is 4. The van der Waals surface area contributed by atoms with Crippen LogP contribution < -0.4 is 10.4 Å². The standard InChI is InChI=1S/C12H13N5O2/c13-10(12(18)19)3-7-17-6-2-9(8-16-17)11-14-4-1-5-15-11/h1-2,4-6,8,10H,3,7,13H2/p+1/t10-/m0/s1. The Bertz CT molecular complexity index is 544. The Hall–Kier alpha value is -2.41. The lowest BCUT2D eigenvalue weighted by Crippen LogP contribution is -2.42. The van der Waals surface area contributed by atoms with E-state index in [0.717, 1.165) is 5.56 Å². The Labute approximate surface area is 109 Å². The monoisotopic (exact) mass is 260 g/mol. The molecule has 2 aromatic rings. The van der Waals surface area contributed by atoms with E-state index in [1.54, 1.807) is 35.5 Å². The zero-order chi connectivity index (χ0) is 13.7. The molecule has 0 amide bonds. The first-order valence-corrected chi connectivity index (χ1v) is 5.78. The van der Waals surface area contributed by atoms with Crippen molar-refractivity contribution in [1.29, 1.82) is 0 Å². The van der Waals surface area contributed by atoms with E-state index in [1.807, 2.05) is 6.07 Å². The Morgan fingerprint density at radius 2 is 2.16 bits per heavy atom. The third-order valence-electron chi connectivity index (χ3n) is 2.58.